The molecule has 1 aliphatic heterocycles. The quantitative estimate of drug-likeness (QED) is 0.853. The van der Waals surface area contributed by atoms with E-state index in [4.69, 9.17) is 0 Å². The second-order valence-corrected chi connectivity index (χ2v) is 7.19. The third-order valence-electron chi connectivity index (χ3n) is 2.94. The molecule has 98 valence electrons. The van der Waals surface area contributed by atoms with Gasteiger partial charge in [-0.3, -0.25) is 4.79 Å². The zero-order chi connectivity index (χ0) is 13.2. The molecule has 0 radical (unpaired) electrons. The van der Waals surface area contributed by atoms with Crippen molar-refractivity contribution >= 4 is 31.7 Å². The fourth-order valence-electron chi connectivity index (χ4n) is 1.92. The molecule has 0 unspecified atom stereocenters. The van der Waals surface area contributed by atoms with Crippen LogP contribution in [0.1, 0.15) is 22.3 Å². The van der Waals surface area contributed by atoms with Crippen LogP contribution in [0.15, 0.2) is 24.3 Å². The SMILES string of the molecule is O=C(N[C@@H]1CCS(=O)(=O)C1)c1ccc(CBr)cc1. The number of nitrogens with one attached hydrogen (secondary N) is 1. The van der Waals surface area contributed by atoms with Gasteiger partial charge in [-0.15, -0.1) is 0 Å². The summed E-state index contributed by atoms with van der Waals surface area (Å²) in [6.07, 6.45) is 0.507. The van der Waals surface area contributed by atoms with Gasteiger partial charge in [-0.05, 0) is 24.1 Å². The largest absolute Gasteiger partial charge is 0.348 e. The van der Waals surface area contributed by atoms with Gasteiger partial charge in [0.25, 0.3) is 5.91 Å². The summed E-state index contributed by atoms with van der Waals surface area (Å²) in [6, 6.07) is 6.98. The Morgan fingerprint density at radius 1 is 1.33 bits per heavy atom. The Labute approximate surface area is 115 Å². The first-order chi connectivity index (χ1) is 8.50. The number of carbonyl (C=O) groups excluding carboxylic acids is 1. The van der Waals surface area contributed by atoms with Crippen molar-refractivity contribution in [2.45, 2.75) is 17.8 Å². The molecule has 6 heteroatoms. The maximum absolute atomic E-state index is 11.9. The van der Waals surface area contributed by atoms with Crippen molar-refractivity contribution in [1.82, 2.24) is 5.32 Å². The second-order valence-electron chi connectivity index (χ2n) is 4.40. The molecular weight excluding hydrogens is 318 g/mol. The van der Waals surface area contributed by atoms with E-state index in [-0.39, 0.29) is 23.5 Å². The molecule has 1 fully saturated rings. The van der Waals surface area contributed by atoms with Gasteiger partial charge in [-0.25, -0.2) is 8.42 Å². The van der Waals surface area contributed by atoms with Crippen molar-refractivity contribution in [3.8, 4) is 0 Å². The molecule has 1 heterocycles. The molecule has 0 bridgehead atoms. The summed E-state index contributed by atoms with van der Waals surface area (Å²) in [5, 5.41) is 3.50. The molecule has 0 aliphatic carbocycles. The van der Waals surface area contributed by atoms with E-state index in [2.05, 4.69) is 21.2 Å². The number of alkyl halides is 1. The van der Waals surface area contributed by atoms with Crippen molar-refractivity contribution in [3.05, 3.63) is 35.4 Å². The van der Waals surface area contributed by atoms with E-state index in [1.54, 1.807) is 12.1 Å². The zero-order valence-corrected chi connectivity index (χ0v) is 12.1. The van der Waals surface area contributed by atoms with E-state index in [9.17, 15) is 13.2 Å². The highest BCUT2D eigenvalue weighted by Gasteiger charge is 2.28. The topological polar surface area (TPSA) is 63.2 Å². The third kappa shape index (κ3) is 3.32. The Morgan fingerprint density at radius 3 is 2.50 bits per heavy atom. The Balaban J connectivity index is 1.99. The molecule has 1 aromatic rings. The fourth-order valence-corrected chi connectivity index (χ4v) is 3.97. The molecule has 0 saturated carbocycles. The molecule has 18 heavy (non-hydrogen) atoms. The molecule has 0 spiro atoms. The van der Waals surface area contributed by atoms with Gasteiger partial charge in [0.2, 0.25) is 0 Å². The van der Waals surface area contributed by atoms with E-state index in [0.717, 1.165) is 10.9 Å². The van der Waals surface area contributed by atoms with Crippen LogP contribution in [-0.2, 0) is 15.2 Å². The zero-order valence-electron chi connectivity index (χ0n) is 9.73. The van der Waals surface area contributed by atoms with Crippen LogP contribution in [0.2, 0.25) is 0 Å². The van der Waals surface area contributed by atoms with Crippen LogP contribution in [0, 0.1) is 0 Å². The van der Waals surface area contributed by atoms with Gasteiger partial charge in [-0.1, -0.05) is 28.1 Å². The Morgan fingerprint density at radius 2 is 2.00 bits per heavy atom. The summed E-state index contributed by atoms with van der Waals surface area (Å²) < 4.78 is 22.6. The molecule has 1 saturated heterocycles. The van der Waals surface area contributed by atoms with Crippen molar-refractivity contribution in [2.24, 2.45) is 0 Å². The first-order valence-corrected chi connectivity index (χ1v) is 8.60. The first kappa shape index (κ1) is 13.5. The normalized spacial score (nSPS) is 21.7. The van der Waals surface area contributed by atoms with Gasteiger partial charge >= 0.3 is 0 Å². The van der Waals surface area contributed by atoms with E-state index < -0.39 is 9.84 Å². The average molecular weight is 332 g/mol. The summed E-state index contributed by atoms with van der Waals surface area (Å²) in [4.78, 5) is 11.9. The van der Waals surface area contributed by atoms with Crippen LogP contribution in [0.25, 0.3) is 0 Å². The van der Waals surface area contributed by atoms with E-state index in [1.807, 2.05) is 12.1 Å². The highest BCUT2D eigenvalue weighted by Crippen LogP contribution is 2.13. The number of sulfone groups is 1. The summed E-state index contributed by atoms with van der Waals surface area (Å²) in [7, 11) is -2.95. The molecular formula is C12H14BrNO3S. The monoisotopic (exact) mass is 331 g/mol. The summed E-state index contributed by atoms with van der Waals surface area (Å²) in [5.41, 5.74) is 1.65. The minimum Gasteiger partial charge on any atom is -0.348 e. The molecule has 4 nitrogen and oxygen atoms in total. The van der Waals surface area contributed by atoms with Crippen molar-refractivity contribution < 1.29 is 13.2 Å². The summed E-state index contributed by atoms with van der Waals surface area (Å²) >= 11 is 3.34. The predicted octanol–water partition coefficient (Wildman–Crippen LogP) is 1.50. The Hall–Kier alpha value is -0.880. The minimum absolute atomic E-state index is 0.0538. The van der Waals surface area contributed by atoms with Crippen molar-refractivity contribution in [2.75, 3.05) is 11.5 Å². The van der Waals surface area contributed by atoms with Crippen LogP contribution < -0.4 is 5.32 Å². The van der Waals surface area contributed by atoms with Gasteiger partial charge in [0.1, 0.15) is 0 Å². The van der Waals surface area contributed by atoms with E-state index >= 15 is 0 Å². The van der Waals surface area contributed by atoms with E-state index in [1.165, 1.54) is 0 Å². The summed E-state index contributed by atoms with van der Waals surface area (Å²) in [5.74, 6) is 0.0109. The molecule has 1 aliphatic rings. The van der Waals surface area contributed by atoms with Crippen molar-refractivity contribution in [1.29, 1.82) is 0 Å². The van der Waals surface area contributed by atoms with Crippen LogP contribution in [0.4, 0.5) is 0 Å². The highest BCUT2D eigenvalue weighted by atomic mass is 79.9. The lowest BCUT2D eigenvalue weighted by molar-refractivity contribution is 0.0941. The number of rotatable bonds is 3. The number of hydrogen-bond donors (Lipinski definition) is 1. The first-order valence-electron chi connectivity index (χ1n) is 5.66. The van der Waals surface area contributed by atoms with Gasteiger partial charge in [-0.2, -0.15) is 0 Å². The molecule has 1 amide bonds. The smallest absolute Gasteiger partial charge is 0.251 e. The number of amides is 1. The standard InChI is InChI=1S/C12H14BrNO3S/c13-7-9-1-3-10(4-2-9)12(15)14-11-5-6-18(16,17)8-11/h1-4,11H,5-8H2,(H,14,15)/t11-/m1/s1. The van der Waals surface area contributed by atoms with Gasteiger partial charge in [0.05, 0.1) is 11.5 Å². The summed E-state index contributed by atoms with van der Waals surface area (Å²) in [6.45, 7) is 0. The lowest BCUT2D eigenvalue weighted by atomic mass is 10.1. The lowest BCUT2D eigenvalue weighted by Crippen LogP contribution is -2.35. The van der Waals surface area contributed by atoms with Gasteiger partial charge < -0.3 is 5.32 Å². The van der Waals surface area contributed by atoms with Crippen LogP contribution in [0.3, 0.4) is 0 Å². The molecule has 0 aromatic heterocycles. The molecule has 1 aromatic carbocycles. The lowest BCUT2D eigenvalue weighted by Gasteiger charge is -2.10. The van der Waals surface area contributed by atoms with Crippen LogP contribution in [-0.4, -0.2) is 31.9 Å². The fraction of sp³-hybridized carbons (Fsp3) is 0.417. The predicted molar refractivity (Wildman–Crippen MR) is 73.6 cm³/mol. The Bertz CT molecular complexity index is 539. The van der Waals surface area contributed by atoms with Crippen molar-refractivity contribution in [3.63, 3.8) is 0 Å². The number of benzene rings is 1. The molecule has 1 atom stereocenters. The Kier molecular flexibility index (Phi) is 4.07. The third-order valence-corrected chi connectivity index (χ3v) is 5.35. The minimum atomic E-state index is -2.95. The maximum atomic E-state index is 11.9. The van der Waals surface area contributed by atoms with Crippen LogP contribution in [0.5, 0.6) is 0 Å². The van der Waals surface area contributed by atoms with E-state index in [0.29, 0.717) is 12.0 Å². The molecule has 2 rings (SSSR count). The average Bonchev–Trinajstić information content (AvgIpc) is 2.68. The number of hydrogen-bond acceptors (Lipinski definition) is 3. The maximum Gasteiger partial charge on any atom is 0.251 e. The highest BCUT2D eigenvalue weighted by molar-refractivity contribution is 9.08. The van der Waals surface area contributed by atoms with Gasteiger partial charge in [0, 0.05) is 16.9 Å². The van der Waals surface area contributed by atoms with Gasteiger partial charge in [0.15, 0.2) is 9.84 Å². The molecule has 1 N–H and O–H groups in total. The second kappa shape index (κ2) is 5.40. The number of halogens is 1. The van der Waals surface area contributed by atoms with Crippen LogP contribution >= 0.6 is 15.9 Å². The number of carbonyl (C=O) groups is 1.